The Morgan fingerprint density at radius 1 is 1.03 bits per heavy atom. The number of para-hydroxylation sites is 1. The van der Waals surface area contributed by atoms with Crippen LogP contribution in [0.5, 0.6) is 11.5 Å². The fraction of sp³-hybridized carbons (Fsp3) is 0.258. The van der Waals surface area contributed by atoms with Crippen molar-refractivity contribution in [2.75, 3.05) is 14.2 Å². The van der Waals surface area contributed by atoms with E-state index in [1.54, 1.807) is 26.6 Å². The molecule has 0 fully saturated rings. The van der Waals surface area contributed by atoms with E-state index in [0.717, 1.165) is 57.4 Å². The standard InChI is InChI=1S/C31H33NO4/c1-20(17-29(33)32-21(2)15-16-23-11-7-6-8-12-23)25-18-26-27(24-13-9-10-14-28(24)34-4)19-36-31(26)22(3)30(25)35-5/h6-14,17-19,21H,15-16H2,1-5H3,(H,32,33)/b20-17+. The zero-order chi connectivity index (χ0) is 25.7. The number of fused-ring (bicyclic) bond motifs is 1. The molecule has 1 unspecified atom stereocenters. The van der Waals surface area contributed by atoms with Crippen molar-refractivity contribution in [1.29, 1.82) is 0 Å². The predicted molar refractivity (Wildman–Crippen MR) is 146 cm³/mol. The second-order valence-electron chi connectivity index (χ2n) is 9.07. The molecule has 1 heterocycles. The number of aryl methyl sites for hydroxylation is 2. The number of furan rings is 1. The lowest BCUT2D eigenvalue weighted by atomic mass is 9.96. The van der Waals surface area contributed by atoms with Crippen molar-refractivity contribution in [3.05, 3.63) is 89.7 Å². The van der Waals surface area contributed by atoms with Gasteiger partial charge in [0, 0.05) is 39.8 Å². The van der Waals surface area contributed by atoms with Crippen molar-refractivity contribution in [3.63, 3.8) is 0 Å². The third-order valence-electron chi connectivity index (χ3n) is 6.52. The number of nitrogens with one attached hydrogen (secondary N) is 1. The molecule has 5 heteroatoms. The molecule has 0 radical (unpaired) electrons. The summed E-state index contributed by atoms with van der Waals surface area (Å²) in [6, 6.07) is 20.2. The van der Waals surface area contributed by atoms with Crippen LogP contribution in [0.3, 0.4) is 0 Å². The first-order valence-electron chi connectivity index (χ1n) is 12.2. The molecular formula is C31H33NO4. The summed E-state index contributed by atoms with van der Waals surface area (Å²) in [5.41, 5.74) is 6.45. The Morgan fingerprint density at radius 3 is 2.47 bits per heavy atom. The smallest absolute Gasteiger partial charge is 0.244 e. The van der Waals surface area contributed by atoms with Gasteiger partial charge in [-0.1, -0.05) is 48.5 Å². The molecule has 1 N–H and O–H groups in total. The normalized spacial score (nSPS) is 12.4. The fourth-order valence-corrected chi connectivity index (χ4v) is 4.61. The molecular weight excluding hydrogens is 450 g/mol. The van der Waals surface area contributed by atoms with Crippen molar-refractivity contribution in [3.8, 4) is 22.6 Å². The second-order valence-corrected chi connectivity index (χ2v) is 9.07. The summed E-state index contributed by atoms with van der Waals surface area (Å²) >= 11 is 0. The molecule has 0 aliphatic heterocycles. The van der Waals surface area contributed by atoms with Gasteiger partial charge in [-0.15, -0.1) is 0 Å². The first-order valence-corrected chi connectivity index (χ1v) is 12.2. The van der Waals surface area contributed by atoms with E-state index in [0.29, 0.717) is 5.75 Å². The van der Waals surface area contributed by atoms with Crippen LogP contribution >= 0.6 is 0 Å². The van der Waals surface area contributed by atoms with Gasteiger partial charge in [-0.2, -0.15) is 0 Å². The Morgan fingerprint density at radius 2 is 1.75 bits per heavy atom. The Hall–Kier alpha value is -3.99. The molecule has 0 bridgehead atoms. The van der Waals surface area contributed by atoms with Crippen LogP contribution in [0.4, 0.5) is 0 Å². The lowest BCUT2D eigenvalue weighted by molar-refractivity contribution is -0.117. The number of rotatable bonds is 9. The first-order chi connectivity index (χ1) is 17.4. The monoisotopic (exact) mass is 483 g/mol. The molecule has 1 atom stereocenters. The second kappa shape index (κ2) is 11.2. The molecule has 0 saturated carbocycles. The highest BCUT2D eigenvalue weighted by Gasteiger charge is 2.20. The third kappa shape index (κ3) is 5.30. The number of benzene rings is 3. The average molecular weight is 484 g/mol. The minimum Gasteiger partial charge on any atom is -0.496 e. The Kier molecular flexibility index (Phi) is 7.79. The van der Waals surface area contributed by atoms with E-state index in [1.165, 1.54) is 5.56 Å². The van der Waals surface area contributed by atoms with Crippen molar-refractivity contribution in [2.24, 2.45) is 0 Å². The molecule has 36 heavy (non-hydrogen) atoms. The van der Waals surface area contributed by atoms with Gasteiger partial charge >= 0.3 is 0 Å². The van der Waals surface area contributed by atoms with Gasteiger partial charge in [-0.05, 0) is 56.9 Å². The lowest BCUT2D eigenvalue weighted by Gasteiger charge is -2.15. The van der Waals surface area contributed by atoms with Gasteiger partial charge < -0.3 is 19.2 Å². The molecule has 4 aromatic rings. The molecule has 0 saturated heterocycles. The maximum Gasteiger partial charge on any atom is 0.244 e. The summed E-state index contributed by atoms with van der Waals surface area (Å²) in [5, 5.41) is 4.04. The minimum absolute atomic E-state index is 0.0545. The molecule has 3 aromatic carbocycles. The van der Waals surface area contributed by atoms with Gasteiger partial charge in [0.25, 0.3) is 0 Å². The number of carbonyl (C=O) groups excluding carboxylic acids is 1. The van der Waals surface area contributed by atoms with E-state index < -0.39 is 0 Å². The van der Waals surface area contributed by atoms with Gasteiger partial charge in [0.2, 0.25) is 5.91 Å². The number of amides is 1. The Labute approximate surface area is 212 Å². The largest absolute Gasteiger partial charge is 0.496 e. The maximum atomic E-state index is 12.9. The van der Waals surface area contributed by atoms with Crippen molar-refractivity contribution >= 4 is 22.4 Å². The maximum absolute atomic E-state index is 12.9. The van der Waals surface area contributed by atoms with Gasteiger partial charge in [-0.3, -0.25) is 4.79 Å². The van der Waals surface area contributed by atoms with Crippen LogP contribution in [-0.4, -0.2) is 26.2 Å². The number of methoxy groups -OCH3 is 2. The molecule has 1 amide bonds. The average Bonchev–Trinajstić information content (AvgIpc) is 3.32. The van der Waals surface area contributed by atoms with Crippen LogP contribution in [0, 0.1) is 6.92 Å². The summed E-state index contributed by atoms with van der Waals surface area (Å²) < 4.78 is 17.3. The van der Waals surface area contributed by atoms with Crippen LogP contribution in [0.1, 0.15) is 37.0 Å². The third-order valence-corrected chi connectivity index (χ3v) is 6.52. The van der Waals surface area contributed by atoms with E-state index in [-0.39, 0.29) is 11.9 Å². The molecule has 0 spiro atoms. The predicted octanol–water partition coefficient (Wildman–Crippen LogP) is 6.97. The van der Waals surface area contributed by atoms with E-state index in [2.05, 4.69) is 17.4 Å². The molecule has 5 nitrogen and oxygen atoms in total. The molecule has 186 valence electrons. The van der Waals surface area contributed by atoms with Crippen molar-refractivity contribution in [1.82, 2.24) is 5.32 Å². The van der Waals surface area contributed by atoms with Crippen molar-refractivity contribution < 1.29 is 18.7 Å². The highest BCUT2D eigenvalue weighted by Crippen LogP contribution is 2.42. The van der Waals surface area contributed by atoms with Gasteiger partial charge in [0.05, 0.1) is 20.5 Å². The first kappa shape index (κ1) is 25.1. The van der Waals surface area contributed by atoms with E-state index in [9.17, 15) is 4.79 Å². The van der Waals surface area contributed by atoms with E-state index >= 15 is 0 Å². The van der Waals surface area contributed by atoms with E-state index in [4.69, 9.17) is 13.9 Å². The molecule has 4 rings (SSSR count). The fourth-order valence-electron chi connectivity index (χ4n) is 4.61. The summed E-state index contributed by atoms with van der Waals surface area (Å²) in [7, 11) is 3.30. The molecule has 0 aliphatic carbocycles. The quantitative estimate of drug-likeness (QED) is 0.261. The topological polar surface area (TPSA) is 60.7 Å². The summed E-state index contributed by atoms with van der Waals surface area (Å²) in [6.07, 6.45) is 5.18. The van der Waals surface area contributed by atoms with Crippen LogP contribution in [-0.2, 0) is 11.2 Å². The van der Waals surface area contributed by atoms with Gasteiger partial charge in [-0.25, -0.2) is 0 Å². The summed E-state index contributed by atoms with van der Waals surface area (Å²) in [4.78, 5) is 12.9. The summed E-state index contributed by atoms with van der Waals surface area (Å²) in [5.74, 6) is 1.35. The van der Waals surface area contributed by atoms with Crippen LogP contribution in [0.2, 0.25) is 0 Å². The van der Waals surface area contributed by atoms with Crippen molar-refractivity contribution in [2.45, 2.75) is 39.7 Å². The van der Waals surface area contributed by atoms with Gasteiger partial charge in [0.1, 0.15) is 17.1 Å². The van der Waals surface area contributed by atoms with Crippen LogP contribution in [0.25, 0.3) is 27.7 Å². The molecule has 1 aromatic heterocycles. The van der Waals surface area contributed by atoms with Crippen LogP contribution < -0.4 is 14.8 Å². The number of hydrogen-bond acceptors (Lipinski definition) is 4. The summed E-state index contributed by atoms with van der Waals surface area (Å²) in [6.45, 7) is 5.94. The minimum atomic E-state index is -0.120. The van der Waals surface area contributed by atoms with Gasteiger partial charge in [0.15, 0.2) is 0 Å². The molecule has 0 aliphatic rings. The zero-order valence-corrected chi connectivity index (χ0v) is 21.6. The zero-order valence-electron chi connectivity index (χ0n) is 21.6. The highest BCUT2D eigenvalue weighted by molar-refractivity contribution is 6.02. The SMILES string of the molecule is COc1ccccc1-c1coc2c(C)c(OC)c(/C(C)=C/C(=O)NC(C)CCc3ccccc3)cc12. The highest BCUT2D eigenvalue weighted by atomic mass is 16.5. The number of carbonyl (C=O) groups is 1. The Balaban J connectivity index is 1.62. The lowest BCUT2D eigenvalue weighted by Crippen LogP contribution is -2.31. The Bertz CT molecular complexity index is 1380. The van der Waals surface area contributed by atoms with E-state index in [1.807, 2.05) is 69.3 Å². The number of ether oxygens (including phenoxy) is 2. The number of allylic oxidation sites excluding steroid dienone is 1. The van der Waals surface area contributed by atoms with Crippen LogP contribution in [0.15, 0.2) is 77.4 Å². The number of hydrogen-bond donors (Lipinski definition) is 1.